The zero-order valence-corrected chi connectivity index (χ0v) is 24.8. The molecule has 2 aromatic carbocycles. The number of aromatic nitrogens is 5. The Balaban J connectivity index is 1.45. The number of fused-ring (bicyclic) bond motifs is 2. The minimum Gasteiger partial charge on any atom is -0.490 e. The third-order valence-electron chi connectivity index (χ3n) is 7.42. The number of rotatable bonds is 7. The van der Waals surface area contributed by atoms with E-state index < -0.39 is 0 Å². The van der Waals surface area contributed by atoms with Crippen molar-refractivity contribution in [1.82, 2.24) is 24.1 Å². The summed E-state index contributed by atoms with van der Waals surface area (Å²) in [5.74, 6) is 1.19. The number of pyridine rings is 1. The molecule has 4 heterocycles. The normalized spacial score (nSPS) is 14.1. The Kier molecular flexibility index (Phi) is 6.53. The van der Waals surface area contributed by atoms with Crippen molar-refractivity contribution in [1.29, 1.82) is 0 Å². The number of hydrogen-bond acceptors (Lipinski definition) is 7. The number of ether oxygens (including phenoxy) is 1. The van der Waals surface area contributed by atoms with E-state index in [9.17, 15) is 4.79 Å². The molecule has 41 heavy (non-hydrogen) atoms. The monoisotopic (exact) mass is 600 g/mol. The lowest BCUT2D eigenvalue weighted by molar-refractivity contribution is 0.306. The molecule has 0 radical (unpaired) electrons. The third-order valence-corrected chi connectivity index (χ3v) is 9.16. The maximum absolute atomic E-state index is 14.0. The number of hydrogen-bond donors (Lipinski definition) is 1. The fraction of sp³-hybridized carbons (Fsp3) is 0.200. The summed E-state index contributed by atoms with van der Waals surface area (Å²) in [6.45, 7) is 2.07. The van der Waals surface area contributed by atoms with Crippen LogP contribution in [0.15, 0.2) is 71.1 Å². The van der Waals surface area contributed by atoms with Crippen LogP contribution in [0, 0.1) is 0 Å². The highest BCUT2D eigenvalue weighted by molar-refractivity contribution is 7.27. The van der Waals surface area contributed by atoms with E-state index in [4.69, 9.17) is 27.2 Å². The van der Waals surface area contributed by atoms with Crippen molar-refractivity contribution in [3.8, 4) is 28.1 Å². The zero-order chi connectivity index (χ0) is 28.2. The summed E-state index contributed by atoms with van der Waals surface area (Å²) in [5, 5.41) is 8.90. The molecule has 2 N–H and O–H groups in total. The van der Waals surface area contributed by atoms with Gasteiger partial charge in [-0.2, -0.15) is 5.10 Å². The van der Waals surface area contributed by atoms with E-state index in [1.165, 1.54) is 17.7 Å². The Hall–Kier alpha value is -3.78. The van der Waals surface area contributed by atoms with Gasteiger partial charge in [0.2, 0.25) is 0 Å². The maximum Gasteiger partial charge on any atom is 0.265 e. The van der Waals surface area contributed by atoms with Gasteiger partial charge in [-0.15, -0.1) is 20.6 Å². The van der Waals surface area contributed by atoms with Crippen LogP contribution >= 0.6 is 32.2 Å². The Bertz CT molecular complexity index is 2000. The number of thiazole rings is 1. The van der Waals surface area contributed by atoms with Crippen molar-refractivity contribution in [3.05, 3.63) is 87.4 Å². The molecule has 1 unspecified atom stereocenters. The molecule has 8 nitrogen and oxygen atoms in total. The second kappa shape index (κ2) is 10.2. The van der Waals surface area contributed by atoms with Crippen LogP contribution in [0.1, 0.15) is 37.8 Å². The van der Waals surface area contributed by atoms with Crippen LogP contribution in [0.3, 0.4) is 0 Å². The SMILES string of the molecule is CC[C@@H](c1cc2scc(Cl)n2c(=O)c1-c1ccccc1)n1nc(-c2ccc(OC3CC3)c(P)c2)c2c(N)ncnc21. The summed E-state index contributed by atoms with van der Waals surface area (Å²) in [7, 11) is 2.76. The molecule has 0 saturated heterocycles. The molecular formula is C30H26ClN6O2PS. The van der Waals surface area contributed by atoms with Crippen molar-refractivity contribution < 1.29 is 4.74 Å². The molecule has 0 aliphatic heterocycles. The lowest BCUT2D eigenvalue weighted by Crippen LogP contribution is -2.21. The summed E-state index contributed by atoms with van der Waals surface area (Å²) < 4.78 is 9.48. The van der Waals surface area contributed by atoms with Crippen LogP contribution in [0.25, 0.3) is 38.2 Å². The standard InChI is InChI=1S/C30H26ClN6O2PS/c1-2-20(19-13-24-36(23(31)14-41-24)30(38)25(19)16-6-4-3-5-7-16)37-29-26(28(32)33-15-34-29)27(35-37)17-8-11-21(22(40)12-17)39-18-9-10-18/h3-8,11-15,18,20H,2,9-10,40H2,1H3,(H2,32,33,34)/t20-/m0/s1. The molecule has 11 heteroatoms. The fourth-order valence-corrected chi connectivity index (χ4v) is 6.82. The molecular weight excluding hydrogens is 575 g/mol. The van der Waals surface area contributed by atoms with E-state index in [2.05, 4.69) is 26.1 Å². The number of nitrogens with zero attached hydrogens (tertiary/aromatic N) is 5. The number of anilines is 1. The molecule has 1 fully saturated rings. The largest absolute Gasteiger partial charge is 0.490 e. The summed E-state index contributed by atoms with van der Waals surface area (Å²) in [6, 6.07) is 17.4. The predicted octanol–water partition coefficient (Wildman–Crippen LogP) is 6.11. The Labute approximate surface area is 247 Å². The minimum atomic E-state index is -0.317. The van der Waals surface area contributed by atoms with Crippen molar-refractivity contribution >= 4 is 59.2 Å². The maximum atomic E-state index is 14.0. The summed E-state index contributed by atoms with van der Waals surface area (Å²) in [5.41, 5.74) is 10.7. The lowest BCUT2D eigenvalue weighted by Gasteiger charge is -2.20. The van der Waals surface area contributed by atoms with Gasteiger partial charge in [0.05, 0.1) is 23.1 Å². The zero-order valence-electron chi connectivity index (χ0n) is 22.1. The molecule has 1 aliphatic rings. The molecule has 0 spiro atoms. The smallest absolute Gasteiger partial charge is 0.265 e. The first-order valence-corrected chi connectivity index (χ1v) is 15.2. The van der Waals surface area contributed by atoms with Crippen LogP contribution in [0.5, 0.6) is 5.75 Å². The van der Waals surface area contributed by atoms with Crippen LogP contribution in [0.4, 0.5) is 5.82 Å². The highest BCUT2D eigenvalue weighted by atomic mass is 35.5. The Morgan fingerprint density at radius 1 is 1.15 bits per heavy atom. The highest BCUT2D eigenvalue weighted by Crippen LogP contribution is 2.38. The summed E-state index contributed by atoms with van der Waals surface area (Å²) in [6.07, 6.45) is 4.58. The third kappa shape index (κ3) is 4.49. The van der Waals surface area contributed by atoms with Gasteiger partial charge in [0, 0.05) is 16.2 Å². The van der Waals surface area contributed by atoms with Gasteiger partial charge < -0.3 is 10.5 Å². The van der Waals surface area contributed by atoms with E-state index in [1.807, 2.05) is 59.3 Å². The minimum absolute atomic E-state index is 0.168. The van der Waals surface area contributed by atoms with Gasteiger partial charge in [0.15, 0.2) is 5.65 Å². The van der Waals surface area contributed by atoms with E-state index in [1.54, 1.807) is 9.78 Å². The topological polar surface area (TPSA) is 100 Å². The predicted molar refractivity (Wildman–Crippen MR) is 169 cm³/mol. The lowest BCUT2D eigenvalue weighted by atomic mass is 9.95. The molecule has 0 amide bonds. The van der Waals surface area contributed by atoms with Gasteiger partial charge in [-0.25, -0.2) is 14.6 Å². The number of benzene rings is 2. The number of halogens is 1. The first kappa shape index (κ1) is 26.1. The second-order valence-electron chi connectivity index (χ2n) is 10.1. The van der Waals surface area contributed by atoms with Crippen LogP contribution in [0.2, 0.25) is 5.15 Å². The Morgan fingerprint density at radius 2 is 1.95 bits per heavy atom. The Morgan fingerprint density at radius 3 is 2.68 bits per heavy atom. The van der Waals surface area contributed by atoms with Crippen LogP contribution < -0.4 is 21.3 Å². The molecule has 1 aliphatic carbocycles. The fourth-order valence-electron chi connectivity index (χ4n) is 5.32. The molecule has 206 valence electrons. The van der Waals surface area contributed by atoms with Gasteiger partial charge in [-0.1, -0.05) is 48.9 Å². The van der Waals surface area contributed by atoms with Crippen molar-refractivity contribution in [2.45, 2.75) is 38.3 Å². The average molecular weight is 601 g/mol. The molecule has 2 atom stereocenters. The van der Waals surface area contributed by atoms with Gasteiger partial charge in [0.25, 0.3) is 5.56 Å². The van der Waals surface area contributed by atoms with Crippen molar-refractivity contribution in [2.24, 2.45) is 0 Å². The number of nitrogens with two attached hydrogens (primary N) is 1. The van der Waals surface area contributed by atoms with Gasteiger partial charge in [-0.05, 0) is 54.7 Å². The second-order valence-corrected chi connectivity index (χ2v) is 12.0. The highest BCUT2D eigenvalue weighted by Gasteiger charge is 2.28. The van der Waals surface area contributed by atoms with Crippen LogP contribution in [-0.2, 0) is 0 Å². The number of nitrogen functional groups attached to an aromatic ring is 1. The van der Waals surface area contributed by atoms with E-state index in [0.29, 0.717) is 45.8 Å². The van der Waals surface area contributed by atoms with E-state index in [-0.39, 0.29) is 11.6 Å². The van der Waals surface area contributed by atoms with Crippen LogP contribution in [-0.4, -0.2) is 30.3 Å². The molecule has 4 aromatic heterocycles. The molecule has 6 aromatic rings. The first-order valence-electron chi connectivity index (χ1n) is 13.4. The van der Waals surface area contributed by atoms with Gasteiger partial charge in [-0.3, -0.25) is 9.20 Å². The molecule has 0 bridgehead atoms. The van der Waals surface area contributed by atoms with Gasteiger partial charge >= 0.3 is 0 Å². The van der Waals surface area contributed by atoms with Crippen molar-refractivity contribution in [3.63, 3.8) is 0 Å². The first-order chi connectivity index (χ1) is 19.9. The summed E-state index contributed by atoms with van der Waals surface area (Å²) >= 11 is 7.89. The average Bonchev–Trinajstić information content (AvgIpc) is 3.60. The molecule has 7 rings (SSSR count). The van der Waals surface area contributed by atoms with E-state index in [0.717, 1.165) is 45.4 Å². The van der Waals surface area contributed by atoms with Crippen molar-refractivity contribution in [2.75, 3.05) is 5.73 Å². The quantitative estimate of drug-likeness (QED) is 0.222. The van der Waals surface area contributed by atoms with E-state index >= 15 is 0 Å². The van der Waals surface area contributed by atoms with Gasteiger partial charge in [0.1, 0.15) is 33.6 Å². The molecule has 1 saturated carbocycles. The summed E-state index contributed by atoms with van der Waals surface area (Å²) in [4.78, 5) is 23.7.